The second kappa shape index (κ2) is 5.82. The number of pyridine rings is 1. The van der Waals surface area contributed by atoms with Gasteiger partial charge in [-0.15, -0.1) is 0 Å². The molecular formula is C20H22N4O3. The number of rotatable bonds is 2. The lowest BCUT2D eigenvalue weighted by Crippen LogP contribution is -2.80. The first-order valence-corrected chi connectivity index (χ1v) is 9.31. The summed E-state index contributed by atoms with van der Waals surface area (Å²) in [4.78, 5) is 35.2. The number of imide groups is 1. The highest BCUT2D eigenvalue weighted by atomic mass is 16.3. The molecule has 2 aromatic rings. The lowest BCUT2D eigenvalue weighted by molar-refractivity contribution is -0.178. The number of para-hydroxylation sites is 1. The first-order chi connectivity index (χ1) is 13.0. The fourth-order valence-electron chi connectivity index (χ4n) is 4.86. The number of aliphatic hydroxyl groups excluding tert-OH is 1. The summed E-state index contributed by atoms with van der Waals surface area (Å²) in [7, 11) is 1.56. The van der Waals surface area contributed by atoms with Crippen molar-refractivity contribution >= 4 is 22.7 Å². The van der Waals surface area contributed by atoms with Crippen molar-refractivity contribution in [1.82, 2.24) is 19.7 Å². The van der Waals surface area contributed by atoms with Crippen LogP contribution in [0.25, 0.3) is 10.9 Å². The van der Waals surface area contributed by atoms with E-state index in [1.54, 1.807) is 7.05 Å². The van der Waals surface area contributed by atoms with E-state index in [1.807, 2.05) is 35.4 Å². The molecule has 0 saturated carbocycles. The van der Waals surface area contributed by atoms with Crippen LogP contribution in [0.4, 0.5) is 0 Å². The number of carbonyl (C=O) groups excluding carboxylic acids is 2. The molecule has 3 aliphatic rings. The van der Waals surface area contributed by atoms with Crippen molar-refractivity contribution in [3.63, 3.8) is 0 Å². The minimum Gasteiger partial charge on any atom is -0.392 e. The van der Waals surface area contributed by atoms with Crippen LogP contribution in [-0.4, -0.2) is 81.0 Å². The van der Waals surface area contributed by atoms with Gasteiger partial charge in [0.2, 0.25) is 5.91 Å². The van der Waals surface area contributed by atoms with E-state index in [1.165, 1.54) is 4.90 Å². The number of nitrogens with zero attached hydrogens (tertiary/aromatic N) is 4. The molecule has 3 saturated heterocycles. The third kappa shape index (κ3) is 2.42. The van der Waals surface area contributed by atoms with Gasteiger partial charge in [0, 0.05) is 44.8 Å². The van der Waals surface area contributed by atoms with Gasteiger partial charge in [0.1, 0.15) is 5.54 Å². The number of amides is 2. The van der Waals surface area contributed by atoms with Gasteiger partial charge in [0.15, 0.2) is 0 Å². The second-order valence-electron chi connectivity index (χ2n) is 7.97. The lowest BCUT2D eigenvalue weighted by Gasteiger charge is -2.58. The number of carbonyl (C=O) groups is 2. The number of aromatic nitrogens is 1. The summed E-state index contributed by atoms with van der Waals surface area (Å²) in [6.07, 6.45) is 1.75. The second-order valence-corrected chi connectivity index (χ2v) is 7.97. The van der Waals surface area contributed by atoms with Crippen LogP contribution in [-0.2, 0) is 16.1 Å². The predicted molar refractivity (Wildman–Crippen MR) is 98.6 cm³/mol. The maximum absolute atomic E-state index is 12.9. The average Bonchev–Trinajstić information content (AvgIpc) is 3.03. The van der Waals surface area contributed by atoms with Gasteiger partial charge in [-0.25, -0.2) is 0 Å². The van der Waals surface area contributed by atoms with Gasteiger partial charge < -0.3 is 5.11 Å². The first-order valence-electron chi connectivity index (χ1n) is 9.31. The minimum atomic E-state index is -0.685. The Morgan fingerprint density at radius 2 is 2.04 bits per heavy atom. The Morgan fingerprint density at radius 1 is 1.26 bits per heavy atom. The molecule has 7 nitrogen and oxygen atoms in total. The zero-order valence-corrected chi connectivity index (χ0v) is 15.2. The van der Waals surface area contributed by atoms with E-state index < -0.39 is 11.6 Å². The largest absolute Gasteiger partial charge is 0.392 e. The Labute approximate surface area is 157 Å². The van der Waals surface area contributed by atoms with Crippen molar-refractivity contribution in [3.05, 3.63) is 42.1 Å². The molecule has 140 valence electrons. The number of hydrogen-bond donors (Lipinski definition) is 1. The van der Waals surface area contributed by atoms with Crippen LogP contribution in [0.3, 0.4) is 0 Å². The molecule has 2 atom stereocenters. The summed E-state index contributed by atoms with van der Waals surface area (Å²) < 4.78 is 0. The Balaban J connectivity index is 1.36. The molecule has 5 rings (SSSR count). The highest BCUT2D eigenvalue weighted by Crippen LogP contribution is 2.40. The Hall–Kier alpha value is -2.35. The van der Waals surface area contributed by atoms with Crippen LogP contribution >= 0.6 is 0 Å². The smallest absolute Gasteiger partial charge is 0.252 e. The number of β-amino-alcohol motifs (C(OH)–C–C–N with tert-alkyl or cyclic N) is 1. The number of hydrogen-bond acceptors (Lipinski definition) is 6. The van der Waals surface area contributed by atoms with E-state index in [0.29, 0.717) is 32.6 Å². The van der Waals surface area contributed by atoms with Gasteiger partial charge >= 0.3 is 0 Å². The van der Waals surface area contributed by atoms with E-state index >= 15 is 0 Å². The number of likely N-dealkylation sites (N-methyl/N-ethyl adjacent to an activating group) is 1. The molecule has 0 aliphatic carbocycles. The van der Waals surface area contributed by atoms with E-state index in [0.717, 1.165) is 16.5 Å². The van der Waals surface area contributed by atoms with E-state index in [2.05, 4.69) is 16.0 Å². The van der Waals surface area contributed by atoms with E-state index in [9.17, 15) is 14.7 Å². The number of aliphatic hydroxyl groups is 1. The molecule has 1 aromatic heterocycles. The maximum Gasteiger partial charge on any atom is 0.252 e. The van der Waals surface area contributed by atoms with Gasteiger partial charge in [-0.05, 0) is 24.1 Å². The third-order valence-electron chi connectivity index (χ3n) is 6.17. The zero-order valence-electron chi connectivity index (χ0n) is 15.2. The first kappa shape index (κ1) is 16.8. The molecule has 2 amide bonds. The van der Waals surface area contributed by atoms with E-state index in [4.69, 9.17) is 0 Å². The minimum absolute atomic E-state index is 0.147. The summed E-state index contributed by atoms with van der Waals surface area (Å²) in [6.45, 7) is 2.24. The van der Waals surface area contributed by atoms with Gasteiger partial charge in [0.25, 0.3) is 5.91 Å². The fourth-order valence-corrected chi connectivity index (χ4v) is 4.86. The fraction of sp³-hybridized carbons (Fsp3) is 0.450. The van der Waals surface area contributed by atoms with Crippen LogP contribution in [0.2, 0.25) is 0 Å². The number of fused-ring (bicyclic) bond motifs is 3. The van der Waals surface area contributed by atoms with Crippen LogP contribution in [0, 0.1) is 0 Å². The van der Waals surface area contributed by atoms with Crippen molar-refractivity contribution in [1.29, 1.82) is 0 Å². The molecular weight excluding hydrogens is 344 g/mol. The number of piperazine rings is 1. The van der Waals surface area contributed by atoms with Crippen molar-refractivity contribution in [3.8, 4) is 0 Å². The highest BCUT2D eigenvalue weighted by Gasteiger charge is 2.63. The molecule has 2 unspecified atom stereocenters. The SMILES string of the molecule is CN1C(=O)C2CC(O)CN2C2(CN(Cc3cnc4ccccc4c3)C2)C1=O. The summed E-state index contributed by atoms with van der Waals surface area (Å²) in [6, 6.07) is 9.76. The van der Waals surface area contributed by atoms with Crippen molar-refractivity contribution < 1.29 is 14.7 Å². The molecule has 1 N–H and O–H groups in total. The van der Waals surface area contributed by atoms with Crippen LogP contribution in [0.5, 0.6) is 0 Å². The average molecular weight is 366 g/mol. The quantitative estimate of drug-likeness (QED) is 0.767. The molecule has 27 heavy (non-hydrogen) atoms. The predicted octanol–water partition coefficient (Wildman–Crippen LogP) is 0.223. The maximum atomic E-state index is 12.9. The molecule has 3 aliphatic heterocycles. The topological polar surface area (TPSA) is 77.0 Å². The normalized spacial score (nSPS) is 28.0. The third-order valence-corrected chi connectivity index (χ3v) is 6.17. The van der Waals surface area contributed by atoms with Crippen molar-refractivity contribution in [2.45, 2.75) is 30.7 Å². The molecule has 3 fully saturated rings. The molecule has 4 heterocycles. The van der Waals surface area contributed by atoms with Gasteiger partial charge in [0.05, 0.1) is 17.7 Å². The summed E-state index contributed by atoms with van der Waals surface area (Å²) in [5.74, 6) is -0.343. The number of benzene rings is 1. The summed E-state index contributed by atoms with van der Waals surface area (Å²) in [5.41, 5.74) is 1.39. The highest BCUT2D eigenvalue weighted by molar-refractivity contribution is 6.05. The molecule has 1 aromatic carbocycles. The van der Waals surface area contributed by atoms with Gasteiger partial charge in [-0.3, -0.25) is 29.3 Å². The Kier molecular flexibility index (Phi) is 3.62. The lowest BCUT2D eigenvalue weighted by atomic mass is 9.82. The molecule has 0 bridgehead atoms. The standard InChI is InChI=1S/C20H22N4O3/c1-22-18(26)17-7-15(25)10-24(17)20(19(22)27)11-23(12-20)9-13-6-14-4-2-3-5-16(14)21-8-13/h2-6,8,15,17,25H,7,9-12H2,1H3. The Morgan fingerprint density at radius 3 is 2.85 bits per heavy atom. The monoisotopic (exact) mass is 366 g/mol. The summed E-state index contributed by atoms with van der Waals surface area (Å²) in [5, 5.41) is 11.2. The van der Waals surface area contributed by atoms with E-state index in [-0.39, 0.29) is 17.9 Å². The molecule has 1 spiro atoms. The molecule has 0 radical (unpaired) electrons. The summed E-state index contributed by atoms with van der Waals surface area (Å²) >= 11 is 0. The van der Waals surface area contributed by atoms with Crippen LogP contribution in [0.1, 0.15) is 12.0 Å². The van der Waals surface area contributed by atoms with Gasteiger partial charge in [-0.2, -0.15) is 0 Å². The van der Waals surface area contributed by atoms with Crippen LogP contribution in [0.15, 0.2) is 36.5 Å². The Bertz CT molecular complexity index is 940. The van der Waals surface area contributed by atoms with Crippen molar-refractivity contribution in [2.24, 2.45) is 0 Å². The zero-order chi connectivity index (χ0) is 18.8. The molecule has 7 heteroatoms. The van der Waals surface area contributed by atoms with Gasteiger partial charge in [-0.1, -0.05) is 18.2 Å². The van der Waals surface area contributed by atoms with Crippen molar-refractivity contribution in [2.75, 3.05) is 26.7 Å². The van der Waals surface area contributed by atoms with Crippen LogP contribution < -0.4 is 0 Å². The number of likely N-dealkylation sites (tertiary alicyclic amines) is 1.